The third kappa shape index (κ3) is 5.24. The van der Waals surface area contributed by atoms with Gasteiger partial charge in [0.05, 0.1) is 13.7 Å². The van der Waals surface area contributed by atoms with Crippen molar-refractivity contribution in [3.05, 3.63) is 83.7 Å². The maximum absolute atomic E-state index is 13.1. The number of carbonyl (C=O) groups is 1. The highest BCUT2D eigenvalue weighted by molar-refractivity contribution is 5.86. The van der Waals surface area contributed by atoms with Gasteiger partial charge in [-0.05, 0) is 47.4 Å². The second-order valence-electron chi connectivity index (χ2n) is 8.56. The first kappa shape index (κ1) is 23.0. The van der Waals surface area contributed by atoms with Crippen LogP contribution in [0.1, 0.15) is 16.7 Å². The summed E-state index contributed by atoms with van der Waals surface area (Å²) in [6.45, 7) is 4.52. The first-order chi connectivity index (χ1) is 16.0. The van der Waals surface area contributed by atoms with E-state index < -0.39 is 5.60 Å². The van der Waals surface area contributed by atoms with Gasteiger partial charge in [0.2, 0.25) is 0 Å². The summed E-state index contributed by atoms with van der Waals surface area (Å²) in [4.78, 5) is 19.4. The Kier molecular flexibility index (Phi) is 7.06. The molecule has 6 heteroatoms. The zero-order valence-corrected chi connectivity index (χ0v) is 19.5. The third-order valence-electron chi connectivity index (χ3n) is 6.20. The molecule has 1 aliphatic heterocycles. The summed E-state index contributed by atoms with van der Waals surface area (Å²) in [6.07, 6.45) is 4.08. The number of hydrogen-bond acceptors (Lipinski definition) is 5. The van der Waals surface area contributed by atoms with E-state index in [4.69, 9.17) is 9.47 Å². The molecule has 3 aromatic rings. The molecule has 1 N–H and O–H groups in total. The first-order valence-electron chi connectivity index (χ1n) is 11.2. The average molecular weight is 446 g/mol. The van der Waals surface area contributed by atoms with E-state index in [0.29, 0.717) is 26.1 Å². The number of hydrogen-bond donors (Lipinski definition) is 1. The van der Waals surface area contributed by atoms with Gasteiger partial charge < -0.3 is 14.8 Å². The molecular weight excluding hydrogens is 414 g/mol. The second kappa shape index (κ2) is 10.1. The molecule has 0 radical (unpaired) electrons. The van der Waals surface area contributed by atoms with Crippen LogP contribution in [0, 0.1) is 6.92 Å². The lowest BCUT2D eigenvalue weighted by Crippen LogP contribution is -2.60. The quantitative estimate of drug-likeness (QED) is 0.602. The minimum absolute atomic E-state index is 0.0960. The summed E-state index contributed by atoms with van der Waals surface area (Å²) < 4.78 is 11.8. The van der Waals surface area contributed by atoms with Crippen LogP contribution in [0.2, 0.25) is 0 Å². The lowest BCUT2D eigenvalue weighted by molar-refractivity contribution is -0.160. The molecule has 1 saturated heterocycles. The summed E-state index contributed by atoms with van der Waals surface area (Å²) in [5.41, 5.74) is 4.62. The summed E-state index contributed by atoms with van der Waals surface area (Å²) in [5, 5.41) is 2.83. The number of nitrogens with zero attached hydrogens (tertiary/aromatic N) is 2. The van der Waals surface area contributed by atoms with Crippen molar-refractivity contribution in [3.63, 3.8) is 0 Å². The Morgan fingerprint density at radius 2 is 1.85 bits per heavy atom. The molecule has 1 fully saturated rings. The highest BCUT2D eigenvalue weighted by atomic mass is 16.5. The molecule has 33 heavy (non-hydrogen) atoms. The molecule has 6 nitrogen and oxygen atoms in total. The molecule has 0 unspecified atom stereocenters. The SMILES string of the molecule is CNC(=O)[C@@]1(Cc2ccc(-c3ccncc3)cc2)CN(Cc2ccc(C)cc2OC)CCO1. The standard InChI is InChI=1S/C27H31N3O3/c1-20-4-7-24(25(16-20)32-3)18-30-14-15-33-27(19-30,26(31)28-2)17-21-5-8-22(9-6-21)23-10-12-29-13-11-23/h4-13,16H,14-15,17-19H2,1-3H3,(H,28,31)/t27-/m1/s1. The number of nitrogens with one attached hydrogen (secondary N) is 1. The Labute approximate surface area is 195 Å². The Morgan fingerprint density at radius 1 is 1.12 bits per heavy atom. The summed E-state index contributed by atoms with van der Waals surface area (Å²) in [6, 6.07) is 18.5. The molecule has 0 saturated carbocycles. The van der Waals surface area contributed by atoms with Gasteiger partial charge in [0, 0.05) is 51.1 Å². The number of carbonyl (C=O) groups excluding carboxylic acids is 1. The average Bonchev–Trinajstić information content (AvgIpc) is 2.85. The van der Waals surface area contributed by atoms with E-state index in [9.17, 15) is 4.79 Å². The van der Waals surface area contributed by atoms with Crippen LogP contribution in [0.15, 0.2) is 67.0 Å². The van der Waals surface area contributed by atoms with Gasteiger partial charge in [0.15, 0.2) is 5.60 Å². The highest BCUT2D eigenvalue weighted by Gasteiger charge is 2.43. The molecular formula is C27H31N3O3. The zero-order chi connectivity index (χ0) is 23.3. The van der Waals surface area contributed by atoms with Gasteiger partial charge in [-0.15, -0.1) is 0 Å². The van der Waals surface area contributed by atoms with Gasteiger partial charge in [-0.25, -0.2) is 0 Å². The van der Waals surface area contributed by atoms with E-state index in [1.807, 2.05) is 18.2 Å². The number of aromatic nitrogens is 1. The monoisotopic (exact) mass is 445 g/mol. The molecule has 0 bridgehead atoms. The van der Waals surface area contributed by atoms with Crippen LogP contribution in [0.3, 0.4) is 0 Å². The molecule has 2 heterocycles. The molecule has 1 aliphatic rings. The number of aryl methyl sites for hydroxylation is 1. The van der Waals surface area contributed by atoms with Gasteiger partial charge in [-0.1, -0.05) is 36.4 Å². The smallest absolute Gasteiger partial charge is 0.253 e. The van der Waals surface area contributed by atoms with Crippen molar-refractivity contribution in [2.24, 2.45) is 0 Å². The van der Waals surface area contributed by atoms with Gasteiger partial charge in [-0.2, -0.15) is 0 Å². The summed E-state index contributed by atoms with van der Waals surface area (Å²) in [5.74, 6) is 0.778. The van der Waals surface area contributed by atoms with Crippen LogP contribution < -0.4 is 10.1 Å². The third-order valence-corrected chi connectivity index (χ3v) is 6.20. The van der Waals surface area contributed by atoms with E-state index in [2.05, 4.69) is 58.5 Å². The maximum Gasteiger partial charge on any atom is 0.253 e. The molecule has 172 valence electrons. The van der Waals surface area contributed by atoms with Gasteiger partial charge in [-0.3, -0.25) is 14.7 Å². The Bertz CT molecular complexity index is 1090. The van der Waals surface area contributed by atoms with Crippen LogP contribution in [0.25, 0.3) is 11.1 Å². The number of benzene rings is 2. The van der Waals surface area contributed by atoms with E-state index in [-0.39, 0.29) is 5.91 Å². The van der Waals surface area contributed by atoms with Gasteiger partial charge >= 0.3 is 0 Å². The van der Waals surface area contributed by atoms with Crippen LogP contribution in [0.4, 0.5) is 0 Å². The molecule has 0 aliphatic carbocycles. The summed E-state index contributed by atoms with van der Waals surface area (Å²) in [7, 11) is 3.37. The zero-order valence-electron chi connectivity index (χ0n) is 19.5. The number of likely N-dealkylation sites (N-methyl/N-ethyl adjacent to an activating group) is 1. The molecule has 2 aromatic carbocycles. The molecule has 0 spiro atoms. The topological polar surface area (TPSA) is 63.7 Å². The Balaban J connectivity index is 1.54. The van der Waals surface area contributed by atoms with Crippen molar-refractivity contribution in [2.75, 3.05) is 33.9 Å². The first-order valence-corrected chi connectivity index (χ1v) is 11.2. The normalized spacial score (nSPS) is 18.6. The number of pyridine rings is 1. The molecule has 1 atom stereocenters. The van der Waals surface area contributed by atoms with Crippen molar-refractivity contribution in [1.82, 2.24) is 15.2 Å². The van der Waals surface area contributed by atoms with Crippen molar-refractivity contribution in [3.8, 4) is 16.9 Å². The number of rotatable bonds is 7. The maximum atomic E-state index is 13.1. The van der Waals surface area contributed by atoms with E-state index in [1.165, 1.54) is 0 Å². The van der Waals surface area contributed by atoms with Crippen LogP contribution in [-0.4, -0.2) is 55.2 Å². The Morgan fingerprint density at radius 3 is 2.55 bits per heavy atom. The lowest BCUT2D eigenvalue weighted by atomic mass is 9.90. The van der Waals surface area contributed by atoms with Crippen LogP contribution in [0.5, 0.6) is 5.75 Å². The fraction of sp³-hybridized carbons (Fsp3) is 0.333. The minimum Gasteiger partial charge on any atom is -0.496 e. The highest BCUT2D eigenvalue weighted by Crippen LogP contribution is 2.28. The second-order valence-corrected chi connectivity index (χ2v) is 8.56. The fourth-order valence-corrected chi connectivity index (χ4v) is 4.46. The number of methoxy groups -OCH3 is 1. The molecule has 1 aromatic heterocycles. The Hall–Kier alpha value is -3.22. The van der Waals surface area contributed by atoms with Crippen LogP contribution >= 0.6 is 0 Å². The largest absolute Gasteiger partial charge is 0.496 e. The van der Waals surface area contributed by atoms with Crippen molar-refractivity contribution < 1.29 is 14.3 Å². The van der Waals surface area contributed by atoms with E-state index >= 15 is 0 Å². The number of amides is 1. The number of ether oxygens (including phenoxy) is 2. The van der Waals surface area contributed by atoms with Crippen molar-refractivity contribution in [1.29, 1.82) is 0 Å². The predicted octanol–water partition coefficient (Wildman–Crippen LogP) is 3.63. The predicted molar refractivity (Wildman–Crippen MR) is 129 cm³/mol. The van der Waals surface area contributed by atoms with Crippen LogP contribution in [-0.2, 0) is 22.5 Å². The van der Waals surface area contributed by atoms with E-state index in [0.717, 1.165) is 40.1 Å². The number of morpholine rings is 1. The minimum atomic E-state index is -0.941. The summed E-state index contributed by atoms with van der Waals surface area (Å²) >= 11 is 0. The molecule has 1 amide bonds. The fourth-order valence-electron chi connectivity index (χ4n) is 4.46. The van der Waals surface area contributed by atoms with E-state index in [1.54, 1.807) is 26.6 Å². The lowest BCUT2D eigenvalue weighted by Gasteiger charge is -2.41. The van der Waals surface area contributed by atoms with Crippen molar-refractivity contribution in [2.45, 2.75) is 25.5 Å². The van der Waals surface area contributed by atoms with Crippen molar-refractivity contribution >= 4 is 5.91 Å². The molecule has 4 rings (SSSR count). The van der Waals surface area contributed by atoms with Gasteiger partial charge in [0.1, 0.15) is 5.75 Å². The van der Waals surface area contributed by atoms with Gasteiger partial charge in [0.25, 0.3) is 5.91 Å².